The van der Waals surface area contributed by atoms with E-state index in [0.717, 1.165) is 19.3 Å². The van der Waals surface area contributed by atoms with E-state index in [1.54, 1.807) is 7.05 Å². The van der Waals surface area contributed by atoms with E-state index in [9.17, 15) is 13.5 Å². The monoisotopic (exact) mass is 333 g/mol. The maximum atomic E-state index is 12.8. The van der Waals surface area contributed by atoms with Crippen LogP contribution < -0.4 is 5.32 Å². The van der Waals surface area contributed by atoms with Crippen molar-refractivity contribution in [2.75, 3.05) is 25.5 Å². The van der Waals surface area contributed by atoms with Gasteiger partial charge in [-0.3, -0.25) is 0 Å². The van der Waals surface area contributed by atoms with Crippen molar-refractivity contribution in [1.82, 2.24) is 9.29 Å². The van der Waals surface area contributed by atoms with E-state index >= 15 is 0 Å². The Hall–Kier alpha value is -0.890. The molecule has 2 N–H and O–H groups in total. The minimum Gasteiger partial charge on any atom is -0.395 e. The standard InChI is InChI=1S/C13H20ClN3O3S/c1-15-13-12(14)7-11(8-16-13)21(19,20)17-6-4-2-3-5-10(17)9-18/h7-8,10,18H,2-6,9H2,1H3,(H,15,16). The van der Waals surface area contributed by atoms with Gasteiger partial charge in [-0.2, -0.15) is 4.31 Å². The lowest BCUT2D eigenvalue weighted by atomic mass is 10.1. The van der Waals surface area contributed by atoms with Crippen LogP contribution in [0.1, 0.15) is 25.7 Å². The van der Waals surface area contributed by atoms with E-state index in [4.69, 9.17) is 11.6 Å². The van der Waals surface area contributed by atoms with E-state index < -0.39 is 10.0 Å². The van der Waals surface area contributed by atoms with Crippen molar-refractivity contribution in [1.29, 1.82) is 0 Å². The molecular weight excluding hydrogens is 314 g/mol. The molecule has 1 atom stereocenters. The molecule has 0 aliphatic carbocycles. The first kappa shape index (κ1) is 16.5. The Labute approximate surface area is 130 Å². The molecule has 0 saturated carbocycles. The van der Waals surface area contributed by atoms with Crippen LogP contribution in [0.2, 0.25) is 5.02 Å². The summed E-state index contributed by atoms with van der Waals surface area (Å²) in [5.41, 5.74) is 0. The topological polar surface area (TPSA) is 82.5 Å². The summed E-state index contributed by atoms with van der Waals surface area (Å²) in [6, 6.07) is 1.02. The highest BCUT2D eigenvalue weighted by Gasteiger charge is 2.32. The third-order valence-corrected chi connectivity index (χ3v) is 5.90. The molecular formula is C13H20ClN3O3S. The van der Waals surface area contributed by atoms with Crippen LogP contribution in [-0.4, -0.2) is 49.1 Å². The molecule has 1 saturated heterocycles. The highest BCUT2D eigenvalue weighted by molar-refractivity contribution is 7.89. The summed E-state index contributed by atoms with van der Waals surface area (Å²) in [6.45, 7) is 0.244. The van der Waals surface area contributed by atoms with Crippen molar-refractivity contribution in [3.8, 4) is 0 Å². The number of pyridine rings is 1. The molecule has 21 heavy (non-hydrogen) atoms. The van der Waals surface area contributed by atoms with Crippen LogP contribution in [0.3, 0.4) is 0 Å². The van der Waals surface area contributed by atoms with Crippen molar-refractivity contribution in [2.24, 2.45) is 0 Å². The number of anilines is 1. The van der Waals surface area contributed by atoms with Crippen LogP contribution in [0.5, 0.6) is 0 Å². The van der Waals surface area contributed by atoms with E-state index in [1.165, 1.54) is 16.6 Å². The molecule has 6 nitrogen and oxygen atoms in total. The lowest BCUT2D eigenvalue weighted by Gasteiger charge is -2.27. The van der Waals surface area contributed by atoms with Gasteiger partial charge >= 0.3 is 0 Å². The van der Waals surface area contributed by atoms with Crippen molar-refractivity contribution >= 4 is 27.4 Å². The zero-order chi connectivity index (χ0) is 15.5. The fourth-order valence-corrected chi connectivity index (χ4v) is 4.51. The molecule has 1 aromatic heterocycles. The molecule has 8 heteroatoms. The summed E-state index contributed by atoms with van der Waals surface area (Å²) in [7, 11) is -2.03. The number of nitrogens with zero attached hydrogens (tertiary/aromatic N) is 2. The lowest BCUT2D eigenvalue weighted by Crippen LogP contribution is -2.42. The fraction of sp³-hybridized carbons (Fsp3) is 0.615. The lowest BCUT2D eigenvalue weighted by molar-refractivity contribution is 0.186. The van der Waals surface area contributed by atoms with E-state index in [1.807, 2.05) is 0 Å². The number of nitrogens with one attached hydrogen (secondary N) is 1. The first-order valence-corrected chi connectivity index (χ1v) is 8.78. The second kappa shape index (κ2) is 6.91. The molecule has 1 aliphatic rings. The second-order valence-corrected chi connectivity index (χ2v) is 7.35. The van der Waals surface area contributed by atoms with Gasteiger partial charge in [-0.05, 0) is 18.9 Å². The highest BCUT2D eigenvalue weighted by atomic mass is 35.5. The van der Waals surface area contributed by atoms with Gasteiger partial charge in [0.25, 0.3) is 0 Å². The largest absolute Gasteiger partial charge is 0.395 e. The van der Waals surface area contributed by atoms with Crippen molar-refractivity contribution in [3.05, 3.63) is 17.3 Å². The predicted octanol–water partition coefficient (Wildman–Crippen LogP) is 1.70. The molecule has 0 amide bonds. The SMILES string of the molecule is CNc1ncc(S(=O)(=O)N2CCCCCC2CO)cc1Cl. The molecule has 2 heterocycles. The Morgan fingerprint density at radius 2 is 2.24 bits per heavy atom. The number of aliphatic hydroxyl groups is 1. The fourth-order valence-electron chi connectivity index (χ4n) is 2.53. The average Bonchev–Trinajstić information content (AvgIpc) is 2.72. The Bertz CT molecular complexity index is 594. The molecule has 0 aromatic carbocycles. The summed E-state index contributed by atoms with van der Waals surface area (Å²) >= 11 is 6.02. The van der Waals surface area contributed by atoms with Crippen LogP contribution in [0.4, 0.5) is 5.82 Å². The molecule has 0 spiro atoms. The minimum atomic E-state index is -3.70. The molecule has 2 rings (SSSR count). The van der Waals surface area contributed by atoms with Gasteiger partial charge in [0.05, 0.1) is 11.6 Å². The summed E-state index contributed by atoms with van der Waals surface area (Å²) in [5, 5.41) is 12.5. The third-order valence-electron chi connectivity index (χ3n) is 3.69. The molecule has 1 aromatic rings. The third kappa shape index (κ3) is 3.48. The van der Waals surface area contributed by atoms with E-state index in [0.29, 0.717) is 18.8 Å². The van der Waals surface area contributed by atoms with Crippen LogP contribution in [0.15, 0.2) is 17.2 Å². The molecule has 0 bridgehead atoms. The summed E-state index contributed by atoms with van der Waals surface area (Å²) in [6.07, 6.45) is 4.67. The van der Waals surface area contributed by atoms with E-state index in [-0.39, 0.29) is 22.6 Å². The van der Waals surface area contributed by atoms with Crippen LogP contribution in [0, 0.1) is 0 Å². The van der Waals surface area contributed by atoms with Gasteiger partial charge in [-0.1, -0.05) is 24.4 Å². The summed E-state index contributed by atoms with van der Waals surface area (Å²) in [5.74, 6) is 0.435. The van der Waals surface area contributed by atoms with Gasteiger partial charge in [0.1, 0.15) is 10.7 Å². The number of hydrogen-bond acceptors (Lipinski definition) is 5. The minimum absolute atomic E-state index is 0.0619. The van der Waals surface area contributed by atoms with Crippen molar-refractivity contribution < 1.29 is 13.5 Å². The highest BCUT2D eigenvalue weighted by Crippen LogP contribution is 2.27. The normalized spacial score (nSPS) is 21.0. The van der Waals surface area contributed by atoms with E-state index in [2.05, 4.69) is 10.3 Å². The zero-order valence-electron chi connectivity index (χ0n) is 11.9. The van der Waals surface area contributed by atoms with Gasteiger partial charge < -0.3 is 10.4 Å². The van der Waals surface area contributed by atoms with Gasteiger partial charge in [-0.15, -0.1) is 0 Å². The van der Waals surface area contributed by atoms with Crippen molar-refractivity contribution in [3.63, 3.8) is 0 Å². The van der Waals surface area contributed by atoms with Crippen LogP contribution in [0.25, 0.3) is 0 Å². The smallest absolute Gasteiger partial charge is 0.244 e. The second-order valence-electron chi connectivity index (χ2n) is 5.05. The number of sulfonamides is 1. The summed E-state index contributed by atoms with van der Waals surface area (Å²) in [4.78, 5) is 4.08. The molecule has 118 valence electrons. The Kier molecular flexibility index (Phi) is 5.43. The quantitative estimate of drug-likeness (QED) is 0.876. The van der Waals surface area contributed by atoms with Gasteiger partial charge in [0.2, 0.25) is 10.0 Å². The Morgan fingerprint density at radius 1 is 1.48 bits per heavy atom. The molecule has 1 unspecified atom stereocenters. The van der Waals surface area contributed by atoms with Crippen molar-refractivity contribution in [2.45, 2.75) is 36.6 Å². The predicted molar refractivity (Wildman–Crippen MR) is 82.0 cm³/mol. The molecule has 0 radical (unpaired) electrons. The van der Waals surface area contributed by atoms with Gasteiger partial charge in [0.15, 0.2) is 0 Å². The van der Waals surface area contributed by atoms with Crippen LogP contribution >= 0.6 is 11.6 Å². The Morgan fingerprint density at radius 3 is 2.86 bits per heavy atom. The number of rotatable bonds is 4. The molecule has 1 fully saturated rings. The first-order chi connectivity index (χ1) is 10.0. The average molecular weight is 334 g/mol. The van der Waals surface area contributed by atoms with Crippen LogP contribution in [-0.2, 0) is 10.0 Å². The maximum Gasteiger partial charge on any atom is 0.244 e. The Balaban J connectivity index is 2.37. The zero-order valence-corrected chi connectivity index (χ0v) is 13.5. The van der Waals surface area contributed by atoms with Gasteiger partial charge in [-0.25, -0.2) is 13.4 Å². The number of halogens is 1. The molecule has 1 aliphatic heterocycles. The first-order valence-electron chi connectivity index (χ1n) is 6.96. The maximum absolute atomic E-state index is 12.8. The summed E-state index contributed by atoms with van der Waals surface area (Å²) < 4.78 is 26.9. The van der Waals surface area contributed by atoms with Gasteiger partial charge in [0, 0.05) is 25.8 Å². The number of hydrogen-bond donors (Lipinski definition) is 2. The number of aromatic nitrogens is 1. The number of aliphatic hydroxyl groups excluding tert-OH is 1.